The number of allylic oxidation sites excluding steroid dienone is 1. The van der Waals surface area contributed by atoms with Crippen molar-refractivity contribution in [2.75, 3.05) is 0 Å². The van der Waals surface area contributed by atoms with Crippen molar-refractivity contribution in [3.63, 3.8) is 0 Å². The third kappa shape index (κ3) is 3.01. The largest absolute Gasteiger partial charge is 0.302 e. The predicted molar refractivity (Wildman–Crippen MR) is 75.6 cm³/mol. The maximum absolute atomic E-state index is 4.25. The zero-order valence-electron chi connectivity index (χ0n) is 10.5. The molecule has 0 amide bonds. The lowest BCUT2D eigenvalue weighted by atomic mass is 10.2. The van der Waals surface area contributed by atoms with E-state index < -0.39 is 0 Å². The minimum atomic E-state index is 0.771. The Morgan fingerprint density at radius 1 is 1.28 bits per heavy atom. The SMILES string of the molecule is C=CCn1c(CC)nnc1SCc1ccccc1. The number of aromatic nitrogens is 3. The summed E-state index contributed by atoms with van der Waals surface area (Å²) in [5.74, 6) is 1.94. The van der Waals surface area contributed by atoms with Crippen LogP contribution < -0.4 is 0 Å². The fourth-order valence-electron chi connectivity index (χ4n) is 1.72. The number of nitrogens with zero attached hydrogens (tertiary/aromatic N) is 3. The molecule has 0 N–H and O–H groups in total. The van der Waals surface area contributed by atoms with Gasteiger partial charge in [0.15, 0.2) is 5.16 Å². The van der Waals surface area contributed by atoms with Gasteiger partial charge in [0.1, 0.15) is 5.82 Å². The van der Waals surface area contributed by atoms with E-state index in [2.05, 4.69) is 52.5 Å². The van der Waals surface area contributed by atoms with Gasteiger partial charge in [-0.25, -0.2) is 0 Å². The molecule has 0 aliphatic carbocycles. The average Bonchev–Trinajstić information content (AvgIpc) is 2.80. The van der Waals surface area contributed by atoms with Gasteiger partial charge in [-0.3, -0.25) is 0 Å². The van der Waals surface area contributed by atoms with Crippen LogP contribution in [0.25, 0.3) is 0 Å². The Balaban J connectivity index is 2.09. The van der Waals surface area contributed by atoms with E-state index in [9.17, 15) is 0 Å². The third-order valence-electron chi connectivity index (χ3n) is 2.63. The third-order valence-corrected chi connectivity index (χ3v) is 3.67. The van der Waals surface area contributed by atoms with Crippen LogP contribution in [-0.4, -0.2) is 14.8 Å². The normalized spacial score (nSPS) is 10.5. The number of rotatable bonds is 6. The quantitative estimate of drug-likeness (QED) is 0.589. The minimum absolute atomic E-state index is 0.771. The zero-order chi connectivity index (χ0) is 12.8. The minimum Gasteiger partial charge on any atom is -0.302 e. The molecule has 94 valence electrons. The van der Waals surface area contributed by atoms with Crippen LogP contribution in [0.5, 0.6) is 0 Å². The van der Waals surface area contributed by atoms with Crippen molar-refractivity contribution >= 4 is 11.8 Å². The van der Waals surface area contributed by atoms with Crippen molar-refractivity contribution in [3.05, 3.63) is 54.4 Å². The Bertz CT molecular complexity index is 505. The molecular formula is C14H17N3S. The molecule has 0 fully saturated rings. The summed E-state index contributed by atoms with van der Waals surface area (Å²) in [6.07, 6.45) is 2.78. The fourth-order valence-corrected chi connectivity index (χ4v) is 2.64. The Labute approximate surface area is 112 Å². The number of hydrogen-bond donors (Lipinski definition) is 0. The van der Waals surface area contributed by atoms with Crippen molar-refractivity contribution in [1.29, 1.82) is 0 Å². The van der Waals surface area contributed by atoms with Crippen molar-refractivity contribution in [1.82, 2.24) is 14.8 Å². The molecule has 0 saturated carbocycles. The molecule has 2 rings (SSSR count). The first-order chi connectivity index (χ1) is 8.85. The van der Waals surface area contributed by atoms with Gasteiger partial charge in [0.05, 0.1) is 0 Å². The van der Waals surface area contributed by atoms with Gasteiger partial charge in [-0.2, -0.15) is 0 Å². The number of benzene rings is 1. The molecule has 0 aliphatic heterocycles. The summed E-state index contributed by atoms with van der Waals surface area (Å²) in [5.41, 5.74) is 1.30. The molecule has 0 saturated heterocycles. The summed E-state index contributed by atoms with van der Waals surface area (Å²) in [7, 11) is 0. The zero-order valence-corrected chi connectivity index (χ0v) is 11.4. The Morgan fingerprint density at radius 2 is 2.06 bits per heavy atom. The molecule has 1 heterocycles. The lowest BCUT2D eigenvalue weighted by molar-refractivity contribution is 0.685. The van der Waals surface area contributed by atoms with E-state index in [1.54, 1.807) is 11.8 Å². The molecule has 18 heavy (non-hydrogen) atoms. The van der Waals surface area contributed by atoms with E-state index in [1.165, 1.54) is 5.56 Å². The van der Waals surface area contributed by atoms with Crippen molar-refractivity contribution < 1.29 is 0 Å². The molecule has 4 heteroatoms. The van der Waals surface area contributed by atoms with Gasteiger partial charge in [0.25, 0.3) is 0 Å². The topological polar surface area (TPSA) is 30.7 Å². The van der Waals surface area contributed by atoms with Crippen molar-refractivity contribution in [2.45, 2.75) is 30.8 Å². The summed E-state index contributed by atoms with van der Waals surface area (Å²) in [5, 5.41) is 9.43. The van der Waals surface area contributed by atoms with Crippen LogP contribution in [0.3, 0.4) is 0 Å². The monoisotopic (exact) mass is 259 g/mol. The molecule has 1 aromatic carbocycles. The number of thioether (sulfide) groups is 1. The number of hydrogen-bond acceptors (Lipinski definition) is 3. The van der Waals surface area contributed by atoms with Gasteiger partial charge in [0, 0.05) is 18.7 Å². The van der Waals surface area contributed by atoms with Crippen molar-refractivity contribution in [3.8, 4) is 0 Å². The predicted octanol–water partition coefficient (Wildman–Crippen LogP) is 3.32. The highest BCUT2D eigenvalue weighted by Gasteiger charge is 2.09. The summed E-state index contributed by atoms with van der Waals surface area (Å²) >= 11 is 1.72. The van der Waals surface area contributed by atoms with Crippen LogP contribution in [0.15, 0.2) is 48.1 Å². The van der Waals surface area contributed by atoms with E-state index in [4.69, 9.17) is 0 Å². The highest BCUT2D eigenvalue weighted by atomic mass is 32.2. The van der Waals surface area contributed by atoms with Crippen LogP contribution >= 0.6 is 11.8 Å². The van der Waals surface area contributed by atoms with E-state index >= 15 is 0 Å². The molecule has 0 unspecified atom stereocenters. The summed E-state index contributed by atoms with van der Waals surface area (Å²) < 4.78 is 2.13. The second-order valence-corrected chi connectivity index (χ2v) is 4.87. The fraction of sp³-hybridized carbons (Fsp3) is 0.286. The maximum Gasteiger partial charge on any atom is 0.191 e. The molecule has 0 spiro atoms. The highest BCUT2D eigenvalue weighted by Crippen LogP contribution is 2.22. The van der Waals surface area contributed by atoms with E-state index in [0.29, 0.717) is 0 Å². The van der Waals surface area contributed by atoms with Crippen molar-refractivity contribution in [2.24, 2.45) is 0 Å². The molecule has 0 radical (unpaired) electrons. The highest BCUT2D eigenvalue weighted by molar-refractivity contribution is 7.98. The van der Waals surface area contributed by atoms with E-state index in [1.807, 2.05) is 12.1 Å². The Kier molecular flexibility index (Phi) is 4.59. The van der Waals surface area contributed by atoms with Crippen LogP contribution in [0.1, 0.15) is 18.3 Å². The van der Waals surface area contributed by atoms with Crippen LogP contribution in [0.4, 0.5) is 0 Å². The first-order valence-electron chi connectivity index (χ1n) is 6.04. The maximum atomic E-state index is 4.25. The van der Waals surface area contributed by atoms with Crippen LogP contribution in [0.2, 0.25) is 0 Å². The van der Waals surface area contributed by atoms with Gasteiger partial charge in [-0.05, 0) is 5.56 Å². The lowest BCUT2D eigenvalue weighted by Gasteiger charge is -2.06. The number of aryl methyl sites for hydroxylation is 1. The Morgan fingerprint density at radius 3 is 2.72 bits per heavy atom. The second kappa shape index (κ2) is 6.40. The molecule has 1 aromatic heterocycles. The van der Waals surface area contributed by atoms with Crippen LogP contribution in [-0.2, 0) is 18.7 Å². The van der Waals surface area contributed by atoms with Gasteiger partial charge in [-0.1, -0.05) is 55.1 Å². The molecule has 0 atom stereocenters. The van der Waals surface area contributed by atoms with Gasteiger partial charge >= 0.3 is 0 Å². The Hall–Kier alpha value is -1.55. The van der Waals surface area contributed by atoms with Gasteiger partial charge < -0.3 is 4.57 Å². The summed E-state index contributed by atoms with van der Waals surface area (Å²) in [6.45, 7) is 6.65. The first-order valence-corrected chi connectivity index (χ1v) is 7.03. The molecule has 3 nitrogen and oxygen atoms in total. The van der Waals surface area contributed by atoms with Crippen LogP contribution in [0, 0.1) is 0 Å². The molecule has 0 aliphatic rings. The standard InChI is InChI=1S/C14H17N3S/c1-3-10-17-13(4-2)15-16-14(17)18-11-12-8-6-5-7-9-12/h3,5-9H,1,4,10-11H2,2H3. The van der Waals surface area contributed by atoms with Gasteiger partial charge in [-0.15, -0.1) is 16.8 Å². The summed E-state index contributed by atoms with van der Waals surface area (Å²) in [6, 6.07) is 10.4. The average molecular weight is 259 g/mol. The lowest BCUT2D eigenvalue weighted by Crippen LogP contribution is -2.02. The molecular weight excluding hydrogens is 242 g/mol. The molecule has 0 bridgehead atoms. The van der Waals surface area contributed by atoms with E-state index in [0.717, 1.165) is 29.7 Å². The summed E-state index contributed by atoms with van der Waals surface area (Å²) in [4.78, 5) is 0. The smallest absolute Gasteiger partial charge is 0.191 e. The van der Waals surface area contributed by atoms with E-state index in [-0.39, 0.29) is 0 Å². The first kappa shape index (κ1) is 12.9. The molecule has 2 aromatic rings. The second-order valence-electron chi connectivity index (χ2n) is 3.93. The van der Waals surface area contributed by atoms with Gasteiger partial charge in [0.2, 0.25) is 0 Å².